The number of benzene rings is 2. The van der Waals surface area contributed by atoms with Crippen LogP contribution in [0, 0.1) is 4.77 Å². The van der Waals surface area contributed by atoms with Gasteiger partial charge in [-0.3, -0.25) is 5.10 Å². The SMILES string of the molecule is COc1ccc(/C=N\n2c(C3CCCCC3)n[nH]c2=S)cc1OCc1ccccc1. The fourth-order valence-corrected chi connectivity index (χ4v) is 3.97. The molecule has 3 aromatic rings. The van der Waals surface area contributed by atoms with Gasteiger partial charge in [-0.1, -0.05) is 49.6 Å². The lowest BCUT2D eigenvalue weighted by Crippen LogP contribution is -2.10. The zero-order valence-corrected chi connectivity index (χ0v) is 17.9. The Labute approximate surface area is 181 Å². The summed E-state index contributed by atoms with van der Waals surface area (Å²) in [5, 5.41) is 12.0. The molecule has 0 aliphatic heterocycles. The maximum absolute atomic E-state index is 6.00. The third-order valence-corrected chi connectivity index (χ3v) is 5.66. The van der Waals surface area contributed by atoms with Crippen molar-refractivity contribution in [2.45, 2.75) is 44.6 Å². The molecule has 1 aliphatic carbocycles. The average Bonchev–Trinajstić information content (AvgIpc) is 3.18. The molecule has 0 atom stereocenters. The van der Waals surface area contributed by atoms with Crippen molar-refractivity contribution >= 4 is 18.4 Å². The molecule has 1 saturated carbocycles. The highest BCUT2D eigenvalue weighted by Gasteiger charge is 2.21. The molecule has 1 aliphatic rings. The summed E-state index contributed by atoms with van der Waals surface area (Å²) in [6.07, 6.45) is 7.81. The molecule has 1 heterocycles. The zero-order chi connectivity index (χ0) is 20.8. The van der Waals surface area contributed by atoms with Gasteiger partial charge in [-0.2, -0.15) is 14.9 Å². The van der Waals surface area contributed by atoms with Gasteiger partial charge >= 0.3 is 0 Å². The van der Waals surface area contributed by atoms with Gasteiger partial charge in [0.2, 0.25) is 4.77 Å². The molecule has 4 rings (SSSR count). The highest BCUT2D eigenvalue weighted by molar-refractivity contribution is 7.71. The minimum absolute atomic E-state index is 0.407. The fraction of sp³-hybridized carbons (Fsp3) is 0.348. The van der Waals surface area contributed by atoms with E-state index in [-0.39, 0.29) is 0 Å². The molecule has 0 amide bonds. The lowest BCUT2D eigenvalue weighted by Gasteiger charge is -2.19. The van der Waals surface area contributed by atoms with Gasteiger partial charge in [0.05, 0.1) is 13.3 Å². The first-order valence-electron chi connectivity index (χ1n) is 10.3. The third-order valence-electron chi connectivity index (χ3n) is 5.39. The molecular formula is C23H26N4O2S. The van der Waals surface area contributed by atoms with Crippen molar-refractivity contribution in [3.8, 4) is 11.5 Å². The Morgan fingerprint density at radius 1 is 1.13 bits per heavy atom. The molecule has 0 bridgehead atoms. The Hall–Kier alpha value is -2.93. The number of nitrogens with one attached hydrogen (secondary N) is 1. The second kappa shape index (κ2) is 9.71. The van der Waals surface area contributed by atoms with Crippen LogP contribution in [0.1, 0.15) is 55.0 Å². The van der Waals surface area contributed by atoms with Crippen LogP contribution in [-0.4, -0.2) is 28.2 Å². The lowest BCUT2D eigenvalue weighted by molar-refractivity contribution is 0.284. The minimum Gasteiger partial charge on any atom is -0.493 e. The number of ether oxygens (including phenoxy) is 2. The Morgan fingerprint density at radius 2 is 1.93 bits per heavy atom. The first kappa shape index (κ1) is 20.3. The molecule has 2 aromatic carbocycles. The average molecular weight is 423 g/mol. The largest absolute Gasteiger partial charge is 0.493 e. The smallest absolute Gasteiger partial charge is 0.216 e. The molecular weight excluding hydrogens is 396 g/mol. The number of rotatable bonds is 7. The third kappa shape index (κ3) is 4.79. The van der Waals surface area contributed by atoms with E-state index in [2.05, 4.69) is 15.3 Å². The first-order valence-corrected chi connectivity index (χ1v) is 10.7. The highest BCUT2D eigenvalue weighted by atomic mass is 32.1. The van der Waals surface area contributed by atoms with Crippen LogP contribution in [0.15, 0.2) is 53.6 Å². The maximum atomic E-state index is 6.00. The second-order valence-electron chi connectivity index (χ2n) is 7.46. The van der Waals surface area contributed by atoms with Gasteiger partial charge < -0.3 is 9.47 Å². The van der Waals surface area contributed by atoms with E-state index < -0.39 is 0 Å². The summed E-state index contributed by atoms with van der Waals surface area (Å²) in [5.74, 6) is 2.69. The van der Waals surface area contributed by atoms with Crippen molar-refractivity contribution < 1.29 is 9.47 Å². The van der Waals surface area contributed by atoms with Crippen molar-refractivity contribution in [1.82, 2.24) is 14.9 Å². The van der Waals surface area contributed by atoms with Gasteiger partial charge in [0, 0.05) is 5.92 Å². The number of methoxy groups -OCH3 is 1. The van der Waals surface area contributed by atoms with Crippen LogP contribution >= 0.6 is 12.2 Å². The van der Waals surface area contributed by atoms with Crippen LogP contribution in [-0.2, 0) is 6.61 Å². The summed E-state index contributed by atoms with van der Waals surface area (Å²) < 4.78 is 13.7. The Balaban J connectivity index is 1.54. The van der Waals surface area contributed by atoms with Gasteiger partial charge in [-0.05, 0) is 54.4 Å². The van der Waals surface area contributed by atoms with Crippen LogP contribution in [0.4, 0.5) is 0 Å². The number of hydrogen-bond acceptors (Lipinski definition) is 5. The van der Waals surface area contributed by atoms with Gasteiger partial charge in [0.1, 0.15) is 6.61 Å². The predicted molar refractivity (Wildman–Crippen MR) is 120 cm³/mol. The molecule has 1 N–H and O–H groups in total. The molecule has 6 nitrogen and oxygen atoms in total. The van der Waals surface area contributed by atoms with Gasteiger partial charge in [0.15, 0.2) is 17.3 Å². The van der Waals surface area contributed by atoms with Crippen molar-refractivity contribution in [3.05, 3.63) is 70.3 Å². The molecule has 7 heteroatoms. The van der Waals surface area contributed by atoms with Gasteiger partial charge in [-0.15, -0.1) is 0 Å². The van der Waals surface area contributed by atoms with E-state index in [9.17, 15) is 0 Å². The molecule has 156 valence electrons. The Morgan fingerprint density at radius 3 is 2.70 bits per heavy atom. The number of nitrogens with zero attached hydrogens (tertiary/aromatic N) is 3. The van der Waals surface area contributed by atoms with Crippen LogP contribution < -0.4 is 9.47 Å². The second-order valence-corrected chi connectivity index (χ2v) is 7.85. The minimum atomic E-state index is 0.407. The van der Waals surface area contributed by atoms with E-state index in [1.807, 2.05) is 48.5 Å². The number of H-pyrrole nitrogens is 1. The van der Waals surface area contributed by atoms with E-state index in [1.165, 1.54) is 19.3 Å². The highest BCUT2D eigenvalue weighted by Crippen LogP contribution is 2.32. The number of aromatic amines is 1. The molecule has 1 fully saturated rings. The monoisotopic (exact) mass is 422 g/mol. The number of aromatic nitrogens is 3. The molecule has 0 spiro atoms. The summed E-state index contributed by atoms with van der Waals surface area (Å²) in [7, 11) is 1.64. The number of hydrogen-bond donors (Lipinski definition) is 1. The molecule has 30 heavy (non-hydrogen) atoms. The van der Waals surface area contributed by atoms with Crippen LogP contribution in [0.5, 0.6) is 11.5 Å². The molecule has 0 unspecified atom stereocenters. The van der Waals surface area contributed by atoms with Crippen molar-refractivity contribution in [2.24, 2.45) is 5.10 Å². The van der Waals surface area contributed by atoms with Gasteiger partial charge in [-0.25, -0.2) is 0 Å². The fourth-order valence-electron chi connectivity index (χ4n) is 3.79. The summed E-state index contributed by atoms with van der Waals surface area (Å²) >= 11 is 5.41. The van der Waals surface area contributed by atoms with Crippen LogP contribution in [0.3, 0.4) is 0 Å². The summed E-state index contributed by atoms with van der Waals surface area (Å²) in [6.45, 7) is 0.469. The van der Waals surface area contributed by atoms with Crippen molar-refractivity contribution in [1.29, 1.82) is 0 Å². The zero-order valence-electron chi connectivity index (χ0n) is 17.1. The standard InChI is InChI=1S/C23H26N4O2S/c1-28-20-13-12-18(14-21(20)29-16-17-8-4-2-5-9-17)15-24-27-22(25-26-23(27)30)19-10-6-3-7-11-19/h2,4-5,8-9,12-15,19H,3,6-7,10-11,16H2,1H3,(H,26,30)/b24-15-. The molecule has 1 aromatic heterocycles. The van der Waals surface area contributed by atoms with Crippen molar-refractivity contribution in [3.63, 3.8) is 0 Å². The Kier molecular flexibility index (Phi) is 6.59. The van der Waals surface area contributed by atoms with E-state index in [1.54, 1.807) is 18.0 Å². The first-order chi connectivity index (χ1) is 14.7. The van der Waals surface area contributed by atoms with Crippen LogP contribution in [0.25, 0.3) is 0 Å². The molecule has 0 radical (unpaired) electrons. The predicted octanol–water partition coefficient (Wildman–Crippen LogP) is 5.46. The summed E-state index contributed by atoms with van der Waals surface area (Å²) in [4.78, 5) is 0. The maximum Gasteiger partial charge on any atom is 0.216 e. The van der Waals surface area contributed by atoms with E-state index >= 15 is 0 Å². The van der Waals surface area contributed by atoms with Gasteiger partial charge in [0.25, 0.3) is 0 Å². The quantitative estimate of drug-likeness (QED) is 0.406. The normalized spacial score (nSPS) is 14.8. The lowest BCUT2D eigenvalue weighted by atomic mass is 9.89. The van der Waals surface area contributed by atoms with E-state index in [0.717, 1.165) is 29.8 Å². The van der Waals surface area contributed by atoms with Crippen LogP contribution in [0.2, 0.25) is 0 Å². The van der Waals surface area contributed by atoms with Crippen molar-refractivity contribution in [2.75, 3.05) is 7.11 Å². The van der Waals surface area contributed by atoms with E-state index in [4.69, 9.17) is 21.7 Å². The summed E-state index contributed by atoms with van der Waals surface area (Å²) in [5.41, 5.74) is 2.00. The van der Waals surface area contributed by atoms with E-state index in [0.29, 0.717) is 28.8 Å². The topological polar surface area (TPSA) is 64.4 Å². The Bertz CT molecular complexity index is 1050. The molecule has 0 saturated heterocycles. The summed E-state index contributed by atoms with van der Waals surface area (Å²) in [6, 6.07) is 15.8.